The molecular formula is C19H17ClN4O3S. The summed E-state index contributed by atoms with van der Waals surface area (Å²) in [4.78, 5) is 17.2. The van der Waals surface area contributed by atoms with E-state index < -0.39 is 18.1 Å². The van der Waals surface area contributed by atoms with Gasteiger partial charge < -0.3 is 10.2 Å². The number of hydrogen-bond donors (Lipinski definition) is 2. The molecule has 1 unspecified atom stereocenters. The van der Waals surface area contributed by atoms with Crippen molar-refractivity contribution in [3.63, 3.8) is 0 Å². The summed E-state index contributed by atoms with van der Waals surface area (Å²) in [6, 6.07) is 7.08. The number of aliphatic hydroxyl groups is 1. The summed E-state index contributed by atoms with van der Waals surface area (Å²) in [6.45, 7) is 5.76. The Kier molecular flexibility index (Phi) is 4.37. The van der Waals surface area contributed by atoms with Crippen molar-refractivity contribution in [3.05, 3.63) is 62.5 Å². The van der Waals surface area contributed by atoms with Crippen molar-refractivity contribution < 1.29 is 15.0 Å². The van der Waals surface area contributed by atoms with Crippen LogP contribution in [0.3, 0.4) is 0 Å². The van der Waals surface area contributed by atoms with Crippen LogP contribution < -0.4 is 0 Å². The topological polar surface area (TPSA) is 101 Å². The summed E-state index contributed by atoms with van der Waals surface area (Å²) in [5.74, 6) is -0.542. The highest BCUT2D eigenvalue weighted by molar-refractivity contribution is 7.15. The third-order valence-corrected chi connectivity index (χ3v) is 6.25. The molecule has 0 spiro atoms. The van der Waals surface area contributed by atoms with Gasteiger partial charge in [0.1, 0.15) is 17.2 Å². The zero-order chi connectivity index (χ0) is 20.2. The number of hydrogen-bond acceptors (Lipinski definition) is 6. The van der Waals surface area contributed by atoms with Gasteiger partial charge in [-0.3, -0.25) is 9.36 Å². The number of rotatable bonds is 3. The zero-order valence-corrected chi connectivity index (χ0v) is 17.0. The number of aliphatic imine (C=N–C) groups is 1. The van der Waals surface area contributed by atoms with Gasteiger partial charge in [-0.15, -0.1) is 21.5 Å². The highest BCUT2D eigenvalue weighted by atomic mass is 35.5. The molecule has 1 aromatic carbocycles. The van der Waals surface area contributed by atoms with E-state index >= 15 is 0 Å². The van der Waals surface area contributed by atoms with Gasteiger partial charge in [-0.1, -0.05) is 23.7 Å². The number of halogens is 1. The van der Waals surface area contributed by atoms with Crippen molar-refractivity contribution in [2.24, 2.45) is 4.99 Å². The minimum Gasteiger partial charge on any atom is -0.481 e. The third kappa shape index (κ3) is 2.85. The number of benzene rings is 1. The van der Waals surface area contributed by atoms with Crippen molar-refractivity contribution in [1.29, 1.82) is 0 Å². The van der Waals surface area contributed by atoms with Crippen molar-refractivity contribution in [1.82, 2.24) is 14.8 Å². The van der Waals surface area contributed by atoms with E-state index in [1.807, 2.05) is 13.8 Å². The smallest absolute Gasteiger partial charge is 0.308 e. The molecule has 144 valence electrons. The van der Waals surface area contributed by atoms with Crippen LogP contribution in [0.2, 0.25) is 5.02 Å². The number of carboxylic acids is 1. The number of thiophene rings is 1. The Morgan fingerprint density at radius 3 is 2.54 bits per heavy atom. The van der Waals surface area contributed by atoms with Crippen LogP contribution in [0.25, 0.3) is 5.00 Å². The fourth-order valence-corrected chi connectivity index (χ4v) is 4.68. The summed E-state index contributed by atoms with van der Waals surface area (Å²) in [6.07, 6.45) is -0.630. The standard InChI is InChI=1S/C19H17ClN4O3S/c1-9-10(2)28-17-15(9)16(12-4-6-13(20)7-5-12)21-19(27,8-14(25)26)18-23-22-11(3)24(17)18/h4-7,27H,8H2,1-3H3,(H,25,26). The minimum absolute atomic E-state index is 0.0962. The van der Waals surface area contributed by atoms with Gasteiger partial charge in [0.05, 0.1) is 5.71 Å². The van der Waals surface area contributed by atoms with Crippen LogP contribution in [0, 0.1) is 20.8 Å². The van der Waals surface area contributed by atoms with Crippen molar-refractivity contribution >= 4 is 34.6 Å². The number of carboxylic acid groups (broad SMARTS) is 1. The molecule has 0 fully saturated rings. The molecule has 1 atom stereocenters. The quantitative estimate of drug-likeness (QED) is 0.681. The summed E-state index contributed by atoms with van der Waals surface area (Å²) in [5.41, 5.74) is 1.01. The van der Waals surface area contributed by atoms with Crippen molar-refractivity contribution in [3.8, 4) is 5.00 Å². The maximum Gasteiger partial charge on any atom is 0.308 e. The van der Waals surface area contributed by atoms with Crippen molar-refractivity contribution in [2.75, 3.05) is 0 Å². The van der Waals surface area contributed by atoms with Crippen LogP contribution in [0.5, 0.6) is 0 Å². The van der Waals surface area contributed by atoms with E-state index in [9.17, 15) is 15.0 Å². The molecule has 7 nitrogen and oxygen atoms in total. The van der Waals surface area contributed by atoms with E-state index in [2.05, 4.69) is 15.2 Å². The molecule has 0 bridgehead atoms. The maximum atomic E-state index is 11.5. The second-order valence-electron chi connectivity index (χ2n) is 6.72. The van der Waals surface area contributed by atoms with Crippen LogP contribution in [-0.4, -0.2) is 36.7 Å². The lowest BCUT2D eigenvalue weighted by Gasteiger charge is -2.21. The lowest BCUT2D eigenvalue weighted by Crippen LogP contribution is -2.30. The van der Waals surface area contributed by atoms with E-state index in [0.29, 0.717) is 16.6 Å². The first-order valence-corrected chi connectivity index (χ1v) is 9.74. The lowest BCUT2D eigenvalue weighted by molar-refractivity contribution is -0.143. The molecule has 28 heavy (non-hydrogen) atoms. The average molecular weight is 417 g/mol. The Labute approximate surface area is 170 Å². The Morgan fingerprint density at radius 1 is 1.21 bits per heavy atom. The van der Waals surface area contributed by atoms with E-state index in [0.717, 1.165) is 26.6 Å². The van der Waals surface area contributed by atoms with Crippen molar-refractivity contribution in [2.45, 2.75) is 32.9 Å². The second kappa shape index (κ2) is 6.51. The molecule has 2 aromatic heterocycles. The fourth-order valence-electron chi connectivity index (χ4n) is 3.35. The predicted molar refractivity (Wildman–Crippen MR) is 107 cm³/mol. The highest BCUT2D eigenvalue weighted by Crippen LogP contribution is 2.41. The Balaban J connectivity index is 2.10. The number of aromatic nitrogens is 3. The van der Waals surface area contributed by atoms with Gasteiger partial charge in [0.25, 0.3) is 0 Å². The molecule has 9 heteroatoms. The summed E-state index contributed by atoms with van der Waals surface area (Å²) >= 11 is 7.56. The maximum absolute atomic E-state index is 11.5. The summed E-state index contributed by atoms with van der Waals surface area (Å²) in [5, 5.41) is 30.3. The molecule has 0 aliphatic carbocycles. The van der Waals surface area contributed by atoms with E-state index in [-0.39, 0.29) is 5.82 Å². The predicted octanol–water partition coefficient (Wildman–Crippen LogP) is 3.38. The van der Waals surface area contributed by atoms with Gasteiger partial charge >= 0.3 is 5.97 Å². The Bertz CT molecular complexity index is 1130. The number of nitrogens with zero attached hydrogens (tertiary/aromatic N) is 4. The lowest BCUT2D eigenvalue weighted by atomic mass is 9.99. The van der Waals surface area contributed by atoms with Gasteiger partial charge in [-0.2, -0.15) is 0 Å². The zero-order valence-electron chi connectivity index (χ0n) is 15.4. The molecule has 2 N–H and O–H groups in total. The van der Waals surface area contributed by atoms with Crippen LogP contribution >= 0.6 is 22.9 Å². The third-order valence-electron chi connectivity index (χ3n) is 4.80. The van der Waals surface area contributed by atoms with E-state index in [1.54, 1.807) is 35.8 Å². The molecule has 0 saturated carbocycles. The number of aryl methyl sites for hydroxylation is 2. The second-order valence-corrected chi connectivity index (χ2v) is 8.36. The first kappa shape index (κ1) is 18.8. The SMILES string of the molecule is Cc1sc2c(c1C)C(c1ccc(Cl)cc1)=NC(O)(CC(=O)O)c1nnc(C)n1-2. The normalized spacial score (nSPS) is 18.2. The number of aliphatic carboxylic acids is 1. The Morgan fingerprint density at radius 2 is 1.89 bits per heavy atom. The molecular weight excluding hydrogens is 400 g/mol. The first-order chi connectivity index (χ1) is 13.2. The molecule has 0 saturated heterocycles. The van der Waals surface area contributed by atoms with Gasteiger partial charge in [0, 0.05) is 21.0 Å². The van der Waals surface area contributed by atoms with Gasteiger partial charge in [0.15, 0.2) is 5.82 Å². The molecule has 3 aromatic rings. The summed E-state index contributed by atoms with van der Waals surface area (Å²) in [7, 11) is 0. The molecule has 1 aliphatic heterocycles. The molecule has 1 aliphatic rings. The minimum atomic E-state index is -2.05. The van der Waals surface area contributed by atoms with E-state index in [4.69, 9.17) is 11.6 Å². The molecule has 3 heterocycles. The Hall–Kier alpha value is -2.55. The molecule has 0 amide bonds. The molecule has 0 radical (unpaired) electrons. The van der Waals surface area contributed by atoms with Gasteiger partial charge in [-0.05, 0) is 38.5 Å². The van der Waals surface area contributed by atoms with Crippen LogP contribution in [0.15, 0.2) is 29.3 Å². The highest BCUT2D eigenvalue weighted by Gasteiger charge is 2.42. The first-order valence-electron chi connectivity index (χ1n) is 8.54. The van der Waals surface area contributed by atoms with Gasteiger partial charge in [-0.25, -0.2) is 4.99 Å². The van der Waals surface area contributed by atoms with Gasteiger partial charge in [0.2, 0.25) is 5.72 Å². The number of carbonyl (C=O) groups is 1. The largest absolute Gasteiger partial charge is 0.481 e. The molecule has 4 rings (SSSR count). The number of fused-ring (bicyclic) bond motifs is 3. The van der Waals surface area contributed by atoms with E-state index in [1.165, 1.54) is 11.3 Å². The average Bonchev–Trinajstić information content (AvgIpc) is 3.11. The van der Waals surface area contributed by atoms with Crippen LogP contribution in [0.1, 0.15) is 39.6 Å². The fraction of sp³-hybridized carbons (Fsp3) is 0.263. The summed E-state index contributed by atoms with van der Waals surface area (Å²) < 4.78 is 1.70. The monoisotopic (exact) mass is 416 g/mol. The van der Waals surface area contributed by atoms with Crippen LogP contribution in [-0.2, 0) is 10.5 Å². The van der Waals surface area contributed by atoms with Crippen LogP contribution in [0.4, 0.5) is 0 Å².